The summed E-state index contributed by atoms with van der Waals surface area (Å²) in [5, 5.41) is 11.7. The molecule has 0 radical (unpaired) electrons. The van der Waals surface area contributed by atoms with Crippen LogP contribution in [0.2, 0.25) is 0 Å². The summed E-state index contributed by atoms with van der Waals surface area (Å²) in [5.74, 6) is 0.213. The van der Waals surface area contributed by atoms with Gasteiger partial charge in [-0.15, -0.1) is 11.6 Å². The van der Waals surface area contributed by atoms with Gasteiger partial charge < -0.3 is 10.1 Å². The van der Waals surface area contributed by atoms with E-state index in [9.17, 15) is 4.79 Å². The van der Waals surface area contributed by atoms with Crippen molar-refractivity contribution in [1.82, 2.24) is 5.32 Å². The molecule has 1 amide bonds. The van der Waals surface area contributed by atoms with Crippen molar-refractivity contribution in [3.8, 4) is 6.07 Å². The molecule has 0 saturated carbocycles. The van der Waals surface area contributed by atoms with Gasteiger partial charge in [0.05, 0.1) is 17.2 Å². The van der Waals surface area contributed by atoms with Crippen molar-refractivity contribution in [2.24, 2.45) is 0 Å². The molecule has 1 aliphatic rings. The quantitative estimate of drug-likeness (QED) is 0.861. The van der Waals surface area contributed by atoms with Crippen LogP contribution in [0.15, 0.2) is 24.3 Å². The molecule has 1 N–H and O–H groups in total. The van der Waals surface area contributed by atoms with Crippen molar-refractivity contribution in [2.45, 2.75) is 18.4 Å². The van der Waals surface area contributed by atoms with E-state index in [2.05, 4.69) is 5.32 Å². The van der Waals surface area contributed by atoms with Crippen molar-refractivity contribution >= 4 is 17.5 Å². The molecule has 0 atom stereocenters. The molecule has 1 saturated heterocycles. The molecule has 19 heavy (non-hydrogen) atoms. The largest absolute Gasteiger partial charge is 0.381 e. The molecule has 1 aromatic carbocycles. The first-order valence-corrected chi connectivity index (χ1v) is 6.69. The molecular weight excluding hydrogens is 264 g/mol. The summed E-state index contributed by atoms with van der Waals surface area (Å²) in [6.07, 6.45) is 1.44. The van der Waals surface area contributed by atoms with Gasteiger partial charge in [-0.2, -0.15) is 5.26 Å². The number of nitriles is 1. The van der Waals surface area contributed by atoms with Crippen LogP contribution in [0, 0.1) is 11.3 Å². The maximum Gasteiger partial charge on any atom is 0.251 e. The molecule has 0 spiro atoms. The Bertz CT molecular complexity index is 487. The number of halogens is 1. The van der Waals surface area contributed by atoms with Gasteiger partial charge in [0.25, 0.3) is 5.91 Å². The summed E-state index contributed by atoms with van der Waals surface area (Å²) in [6.45, 7) is 1.22. The van der Waals surface area contributed by atoms with Gasteiger partial charge in [0.1, 0.15) is 0 Å². The number of alkyl halides is 1. The van der Waals surface area contributed by atoms with Crippen molar-refractivity contribution in [1.29, 1.82) is 5.26 Å². The van der Waals surface area contributed by atoms with Gasteiger partial charge in [-0.1, -0.05) is 0 Å². The fourth-order valence-electron chi connectivity index (χ4n) is 2.06. The molecule has 0 unspecified atom stereocenters. The van der Waals surface area contributed by atoms with Crippen molar-refractivity contribution in [3.05, 3.63) is 35.4 Å². The van der Waals surface area contributed by atoms with E-state index in [1.807, 2.05) is 6.07 Å². The number of nitrogens with one attached hydrogen (secondary N) is 1. The summed E-state index contributed by atoms with van der Waals surface area (Å²) >= 11 is 6.00. The number of carbonyl (C=O) groups excluding carboxylic acids is 1. The maximum absolute atomic E-state index is 12.2. The smallest absolute Gasteiger partial charge is 0.251 e. The molecule has 0 bridgehead atoms. The second kappa shape index (κ2) is 6.05. The van der Waals surface area contributed by atoms with Crippen LogP contribution in [0.4, 0.5) is 0 Å². The van der Waals surface area contributed by atoms with Crippen LogP contribution in [-0.4, -0.2) is 30.5 Å². The lowest BCUT2D eigenvalue weighted by Crippen LogP contribution is -2.53. The van der Waals surface area contributed by atoms with Crippen LogP contribution in [0.3, 0.4) is 0 Å². The minimum atomic E-state index is -0.384. The third kappa shape index (κ3) is 3.25. The van der Waals surface area contributed by atoms with E-state index in [1.165, 1.54) is 0 Å². The van der Waals surface area contributed by atoms with Crippen molar-refractivity contribution in [2.75, 3.05) is 19.1 Å². The highest BCUT2D eigenvalue weighted by molar-refractivity contribution is 6.19. The average Bonchev–Trinajstić information content (AvgIpc) is 2.48. The SMILES string of the molecule is N#Cc1ccc(C(=O)NC2(CCl)CCOCC2)cc1. The normalized spacial score (nSPS) is 17.5. The third-order valence-electron chi connectivity index (χ3n) is 3.36. The second-order valence-corrected chi connectivity index (χ2v) is 4.94. The Kier molecular flexibility index (Phi) is 4.41. The van der Waals surface area contributed by atoms with Gasteiger partial charge in [-0.3, -0.25) is 4.79 Å². The zero-order valence-corrected chi connectivity index (χ0v) is 11.2. The number of ether oxygens (including phenoxy) is 1. The lowest BCUT2D eigenvalue weighted by atomic mass is 9.91. The van der Waals surface area contributed by atoms with E-state index in [0.717, 1.165) is 12.8 Å². The topological polar surface area (TPSA) is 62.1 Å². The summed E-state index contributed by atoms with van der Waals surface area (Å²) in [5.41, 5.74) is 0.690. The number of hydrogen-bond donors (Lipinski definition) is 1. The highest BCUT2D eigenvalue weighted by atomic mass is 35.5. The first-order valence-electron chi connectivity index (χ1n) is 6.15. The standard InChI is InChI=1S/C14H15ClN2O2/c15-10-14(5-7-19-8-6-14)17-13(18)12-3-1-11(9-16)2-4-12/h1-4H,5-8,10H2,(H,17,18). The summed E-state index contributed by atoms with van der Waals surface area (Å²) in [7, 11) is 0. The molecule has 0 aliphatic carbocycles. The third-order valence-corrected chi connectivity index (χ3v) is 3.87. The molecule has 5 heteroatoms. The molecule has 2 rings (SSSR count). The van der Waals surface area contributed by atoms with Gasteiger partial charge in [0.15, 0.2) is 0 Å². The molecule has 1 fully saturated rings. The molecule has 1 aromatic rings. The van der Waals surface area contributed by atoms with E-state index in [0.29, 0.717) is 30.2 Å². The van der Waals surface area contributed by atoms with E-state index in [4.69, 9.17) is 21.6 Å². The van der Waals surface area contributed by atoms with Crippen LogP contribution in [0.5, 0.6) is 0 Å². The number of hydrogen-bond acceptors (Lipinski definition) is 3. The molecule has 1 aliphatic heterocycles. The van der Waals surface area contributed by atoms with E-state index in [1.54, 1.807) is 24.3 Å². The predicted molar refractivity (Wildman–Crippen MR) is 72.1 cm³/mol. The molecule has 0 aromatic heterocycles. The van der Waals surface area contributed by atoms with Crippen LogP contribution in [0.25, 0.3) is 0 Å². The minimum Gasteiger partial charge on any atom is -0.381 e. The maximum atomic E-state index is 12.2. The second-order valence-electron chi connectivity index (χ2n) is 4.67. The summed E-state index contributed by atoms with van der Waals surface area (Å²) in [6, 6.07) is 8.58. The zero-order chi connectivity index (χ0) is 13.7. The highest BCUT2D eigenvalue weighted by Crippen LogP contribution is 2.22. The lowest BCUT2D eigenvalue weighted by molar-refractivity contribution is 0.0434. The van der Waals surface area contributed by atoms with Crippen LogP contribution >= 0.6 is 11.6 Å². The van der Waals surface area contributed by atoms with Crippen molar-refractivity contribution < 1.29 is 9.53 Å². The predicted octanol–water partition coefficient (Wildman–Crippen LogP) is 2.08. The summed E-state index contributed by atoms with van der Waals surface area (Å²) < 4.78 is 5.30. The fourth-order valence-corrected chi connectivity index (χ4v) is 2.40. The molecule has 4 nitrogen and oxygen atoms in total. The Morgan fingerprint density at radius 3 is 2.53 bits per heavy atom. The van der Waals surface area contributed by atoms with Gasteiger partial charge in [-0.05, 0) is 37.1 Å². The number of rotatable bonds is 3. The van der Waals surface area contributed by atoms with Gasteiger partial charge in [0.2, 0.25) is 0 Å². The number of nitrogens with zero attached hydrogens (tertiary/aromatic N) is 1. The van der Waals surface area contributed by atoms with Gasteiger partial charge >= 0.3 is 0 Å². The lowest BCUT2D eigenvalue weighted by Gasteiger charge is -2.36. The summed E-state index contributed by atoms with van der Waals surface area (Å²) in [4.78, 5) is 12.2. The van der Waals surface area contributed by atoms with Crippen LogP contribution in [0.1, 0.15) is 28.8 Å². The van der Waals surface area contributed by atoms with Gasteiger partial charge in [0, 0.05) is 24.7 Å². The molecular formula is C14H15ClN2O2. The van der Waals surface area contributed by atoms with E-state index in [-0.39, 0.29) is 11.4 Å². The molecule has 1 heterocycles. The Morgan fingerprint density at radius 2 is 2.00 bits per heavy atom. The van der Waals surface area contributed by atoms with Crippen LogP contribution in [-0.2, 0) is 4.74 Å². The fraction of sp³-hybridized carbons (Fsp3) is 0.429. The van der Waals surface area contributed by atoms with Gasteiger partial charge in [-0.25, -0.2) is 0 Å². The monoisotopic (exact) mass is 278 g/mol. The minimum absolute atomic E-state index is 0.160. The number of benzene rings is 1. The Labute approximate surface area is 117 Å². The van der Waals surface area contributed by atoms with Crippen LogP contribution < -0.4 is 5.32 Å². The Morgan fingerprint density at radius 1 is 1.37 bits per heavy atom. The molecule has 100 valence electrons. The van der Waals surface area contributed by atoms with Crippen molar-refractivity contribution in [3.63, 3.8) is 0 Å². The number of amides is 1. The zero-order valence-electron chi connectivity index (χ0n) is 10.5. The first kappa shape index (κ1) is 13.9. The number of carbonyl (C=O) groups is 1. The average molecular weight is 279 g/mol. The van der Waals surface area contributed by atoms with E-state index < -0.39 is 0 Å². The van der Waals surface area contributed by atoms with E-state index >= 15 is 0 Å². The Balaban J connectivity index is 2.08. The highest BCUT2D eigenvalue weighted by Gasteiger charge is 2.33. The first-order chi connectivity index (χ1) is 9.19. The Hall–Kier alpha value is -1.57.